The van der Waals surface area contributed by atoms with Crippen molar-refractivity contribution in [2.45, 2.75) is 6.54 Å². The Morgan fingerprint density at radius 2 is 1.85 bits per heavy atom. The van der Waals surface area contributed by atoms with Crippen LogP contribution in [0.1, 0.15) is 26.3 Å². The molecule has 1 aliphatic heterocycles. The Bertz CT molecular complexity index is 947. The fourth-order valence-electron chi connectivity index (χ4n) is 2.97. The number of nitro benzene ring substituents is 1. The van der Waals surface area contributed by atoms with Crippen LogP contribution in [-0.2, 0) is 6.54 Å². The van der Waals surface area contributed by atoms with Gasteiger partial charge in [-0.2, -0.15) is 0 Å². The van der Waals surface area contributed by atoms with Crippen LogP contribution in [0.25, 0.3) is 0 Å². The van der Waals surface area contributed by atoms with Crippen molar-refractivity contribution in [3.8, 4) is 5.75 Å². The highest BCUT2D eigenvalue weighted by Gasteiger charge is 2.37. The summed E-state index contributed by atoms with van der Waals surface area (Å²) in [7, 11) is 3.29. The van der Waals surface area contributed by atoms with Gasteiger partial charge in [-0.15, -0.1) is 0 Å². The number of rotatable bonds is 6. The summed E-state index contributed by atoms with van der Waals surface area (Å²) in [6, 6.07) is 8.87. The second kappa shape index (κ2) is 7.34. The first-order valence-electron chi connectivity index (χ1n) is 7.97. The lowest BCUT2D eigenvalue weighted by molar-refractivity contribution is -0.384. The van der Waals surface area contributed by atoms with Gasteiger partial charge in [-0.1, -0.05) is 11.6 Å². The molecule has 140 valence electrons. The minimum Gasteiger partial charge on any atom is -0.496 e. The maximum Gasteiger partial charge on any atom is 0.270 e. The summed E-state index contributed by atoms with van der Waals surface area (Å²) in [5.41, 5.74) is 0.788. The van der Waals surface area contributed by atoms with Gasteiger partial charge in [0.2, 0.25) is 0 Å². The number of benzene rings is 2. The zero-order valence-electron chi connectivity index (χ0n) is 14.6. The molecule has 0 saturated heterocycles. The Balaban J connectivity index is 1.78. The zero-order chi connectivity index (χ0) is 19.7. The number of hydrogen-bond donors (Lipinski definition) is 0. The highest BCUT2D eigenvalue weighted by atomic mass is 35.5. The van der Waals surface area contributed by atoms with Gasteiger partial charge in [0.15, 0.2) is 0 Å². The molecule has 0 spiro atoms. The number of ether oxygens (including phenoxy) is 1. The van der Waals surface area contributed by atoms with Gasteiger partial charge < -0.3 is 4.74 Å². The van der Waals surface area contributed by atoms with Gasteiger partial charge in [-0.3, -0.25) is 29.5 Å². The number of non-ortho nitro benzene ring substituents is 1. The Morgan fingerprint density at radius 3 is 2.52 bits per heavy atom. The SMILES string of the molecule is COc1ccc(Cl)cc1CN(C)CN1C(=O)c2ccc([N+](=O)[O-])cc2C1=O. The van der Waals surface area contributed by atoms with Crippen LogP contribution in [0, 0.1) is 10.1 Å². The quantitative estimate of drug-likeness (QED) is 0.428. The molecule has 0 bridgehead atoms. The van der Waals surface area contributed by atoms with E-state index in [1.807, 2.05) is 0 Å². The number of carbonyl (C=O) groups excluding carboxylic acids is 2. The first-order valence-corrected chi connectivity index (χ1v) is 8.35. The Kier molecular flexibility index (Phi) is 5.11. The van der Waals surface area contributed by atoms with Crippen molar-refractivity contribution in [1.82, 2.24) is 9.80 Å². The summed E-state index contributed by atoms with van der Waals surface area (Å²) < 4.78 is 5.30. The molecule has 1 aliphatic rings. The molecule has 8 nitrogen and oxygen atoms in total. The predicted octanol–water partition coefficient (Wildman–Crippen LogP) is 2.94. The highest BCUT2D eigenvalue weighted by Crippen LogP contribution is 2.28. The average molecular weight is 390 g/mol. The lowest BCUT2D eigenvalue weighted by atomic mass is 10.1. The van der Waals surface area contributed by atoms with Crippen LogP contribution >= 0.6 is 11.6 Å². The molecule has 0 aliphatic carbocycles. The van der Waals surface area contributed by atoms with Crippen LogP contribution in [0.5, 0.6) is 5.75 Å². The van der Waals surface area contributed by atoms with E-state index in [1.165, 1.54) is 12.1 Å². The average Bonchev–Trinajstić information content (AvgIpc) is 2.86. The third-order valence-corrected chi connectivity index (χ3v) is 4.47. The van der Waals surface area contributed by atoms with Crippen molar-refractivity contribution >= 4 is 29.1 Å². The molecule has 27 heavy (non-hydrogen) atoms. The van der Waals surface area contributed by atoms with Gasteiger partial charge >= 0.3 is 0 Å². The van der Waals surface area contributed by atoms with Gasteiger partial charge in [-0.25, -0.2) is 0 Å². The molecule has 0 atom stereocenters. The Morgan fingerprint density at radius 1 is 1.15 bits per heavy atom. The van der Waals surface area contributed by atoms with E-state index in [-0.39, 0.29) is 23.5 Å². The van der Waals surface area contributed by atoms with Crippen LogP contribution < -0.4 is 4.74 Å². The summed E-state index contributed by atoms with van der Waals surface area (Å²) in [5.74, 6) is -0.386. The standard InChI is InChI=1S/C18H16ClN3O5/c1-20(9-11-7-12(19)3-6-16(11)27-2)10-21-17(23)14-5-4-13(22(25)26)8-15(14)18(21)24/h3-8H,9-10H2,1-2H3. The van der Waals surface area contributed by atoms with Gasteiger partial charge in [0.05, 0.1) is 29.8 Å². The van der Waals surface area contributed by atoms with E-state index < -0.39 is 16.7 Å². The topological polar surface area (TPSA) is 93.0 Å². The number of imide groups is 1. The van der Waals surface area contributed by atoms with E-state index in [0.29, 0.717) is 17.3 Å². The first kappa shape index (κ1) is 18.8. The van der Waals surface area contributed by atoms with E-state index in [9.17, 15) is 19.7 Å². The molecular weight excluding hydrogens is 374 g/mol. The molecule has 2 amide bonds. The van der Waals surface area contributed by atoms with Crippen LogP contribution in [0.2, 0.25) is 5.02 Å². The largest absolute Gasteiger partial charge is 0.496 e. The van der Waals surface area contributed by atoms with Crippen molar-refractivity contribution in [1.29, 1.82) is 0 Å². The van der Waals surface area contributed by atoms with Crippen molar-refractivity contribution < 1.29 is 19.2 Å². The highest BCUT2D eigenvalue weighted by molar-refractivity contribution is 6.30. The van der Waals surface area contributed by atoms with Crippen molar-refractivity contribution in [3.05, 3.63) is 68.2 Å². The summed E-state index contributed by atoms with van der Waals surface area (Å²) in [5, 5.41) is 11.5. The summed E-state index contributed by atoms with van der Waals surface area (Å²) in [4.78, 5) is 38.2. The molecule has 0 unspecified atom stereocenters. The maximum absolute atomic E-state index is 12.6. The number of fused-ring (bicyclic) bond motifs is 1. The molecule has 0 radical (unpaired) electrons. The van der Waals surface area contributed by atoms with Crippen molar-refractivity contribution in [2.75, 3.05) is 20.8 Å². The molecular formula is C18H16ClN3O5. The van der Waals surface area contributed by atoms with E-state index >= 15 is 0 Å². The van der Waals surface area contributed by atoms with Crippen molar-refractivity contribution in [3.63, 3.8) is 0 Å². The third kappa shape index (κ3) is 3.62. The van der Waals surface area contributed by atoms with Crippen LogP contribution in [0.3, 0.4) is 0 Å². The summed E-state index contributed by atoms with van der Waals surface area (Å²) in [6.45, 7) is 0.410. The number of nitrogens with zero attached hydrogens (tertiary/aromatic N) is 3. The minimum absolute atomic E-state index is 0.0236. The number of nitro groups is 1. The molecule has 0 aromatic heterocycles. The van der Waals surface area contributed by atoms with Gasteiger partial charge in [-0.05, 0) is 31.3 Å². The summed E-state index contributed by atoms with van der Waals surface area (Å²) in [6.07, 6.45) is 0. The molecule has 2 aromatic carbocycles. The third-order valence-electron chi connectivity index (χ3n) is 4.23. The summed E-state index contributed by atoms with van der Waals surface area (Å²) >= 11 is 6.03. The molecule has 0 N–H and O–H groups in total. The number of amides is 2. The van der Waals surface area contributed by atoms with E-state index in [0.717, 1.165) is 16.5 Å². The Hall–Kier alpha value is -2.97. The molecule has 1 heterocycles. The number of hydrogen-bond acceptors (Lipinski definition) is 6. The van der Waals surface area contributed by atoms with E-state index in [2.05, 4.69) is 0 Å². The van der Waals surface area contributed by atoms with Gasteiger partial charge in [0.25, 0.3) is 17.5 Å². The number of halogens is 1. The van der Waals surface area contributed by atoms with Crippen molar-refractivity contribution in [2.24, 2.45) is 0 Å². The second-order valence-corrected chi connectivity index (χ2v) is 6.57. The fraction of sp³-hybridized carbons (Fsp3) is 0.222. The molecule has 0 fully saturated rings. The van der Waals surface area contributed by atoms with Gasteiger partial charge in [0, 0.05) is 29.3 Å². The van der Waals surface area contributed by atoms with E-state index in [4.69, 9.17) is 16.3 Å². The van der Waals surface area contributed by atoms with Crippen LogP contribution in [-0.4, -0.2) is 47.4 Å². The minimum atomic E-state index is -0.599. The van der Waals surface area contributed by atoms with Crippen LogP contribution in [0.4, 0.5) is 5.69 Å². The maximum atomic E-state index is 12.6. The molecule has 3 rings (SSSR count). The smallest absolute Gasteiger partial charge is 0.270 e. The molecule has 0 saturated carbocycles. The first-order chi connectivity index (χ1) is 12.8. The number of methoxy groups -OCH3 is 1. The second-order valence-electron chi connectivity index (χ2n) is 6.14. The fourth-order valence-corrected chi connectivity index (χ4v) is 3.17. The van der Waals surface area contributed by atoms with E-state index in [1.54, 1.807) is 37.3 Å². The molecule has 9 heteroatoms. The monoisotopic (exact) mass is 389 g/mol. The van der Waals surface area contributed by atoms with Gasteiger partial charge in [0.1, 0.15) is 5.75 Å². The lowest BCUT2D eigenvalue weighted by Crippen LogP contribution is -2.39. The Labute approximate surface area is 160 Å². The van der Waals surface area contributed by atoms with Crippen LogP contribution in [0.15, 0.2) is 36.4 Å². The normalized spacial score (nSPS) is 13.3. The zero-order valence-corrected chi connectivity index (χ0v) is 15.4. The number of carbonyl (C=O) groups is 2. The lowest BCUT2D eigenvalue weighted by Gasteiger charge is -2.23. The predicted molar refractivity (Wildman–Crippen MR) is 97.9 cm³/mol. The molecule has 2 aromatic rings.